The molecule has 0 atom stereocenters. The molecular formula is C12H22N4. The van der Waals surface area contributed by atoms with Crippen molar-refractivity contribution in [1.29, 1.82) is 0 Å². The molecule has 2 heterocycles. The largest absolute Gasteiger partial charge is 0.380 e. The Morgan fingerprint density at radius 2 is 2.25 bits per heavy atom. The van der Waals surface area contributed by atoms with Gasteiger partial charge in [0, 0.05) is 31.9 Å². The van der Waals surface area contributed by atoms with Crippen LogP contribution in [0.3, 0.4) is 0 Å². The van der Waals surface area contributed by atoms with Crippen LogP contribution < -0.4 is 5.32 Å². The number of nitrogens with one attached hydrogen (secondary N) is 2. The summed E-state index contributed by atoms with van der Waals surface area (Å²) in [5.41, 5.74) is 1.11. The number of hydrogen-bond donors (Lipinski definition) is 2. The number of likely N-dealkylation sites (tertiary alicyclic amines) is 1. The molecule has 0 spiro atoms. The lowest BCUT2D eigenvalue weighted by molar-refractivity contribution is 0.198. The lowest BCUT2D eigenvalue weighted by Crippen LogP contribution is -2.40. The first-order valence-corrected chi connectivity index (χ1v) is 6.21. The van der Waals surface area contributed by atoms with Crippen LogP contribution in [-0.4, -0.2) is 40.8 Å². The summed E-state index contributed by atoms with van der Waals surface area (Å²) < 4.78 is 0. The van der Waals surface area contributed by atoms with Gasteiger partial charge in [0.15, 0.2) is 0 Å². The average Bonchev–Trinajstić information content (AvgIpc) is 2.73. The summed E-state index contributed by atoms with van der Waals surface area (Å²) in [7, 11) is 0. The Balaban J connectivity index is 1.73. The molecule has 4 heteroatoms. The zero-order valence-electron chi connectivity index (χ0n) is 10.2. The van der Waals surface area contributed by atoms with Crippen LogP contribution >= 0.6 is 0 Å². The van der Waals surface area contributed by atoms with E-state index in [1.54, 1.807) is 0 Å². The summed E-state index contributed by atoms with van der Waals surface area (Å²) in [6.07, 6.45) is 6.23. The SMILES string of the molecule is CC(C)CN1CCC(Nc2cn[nH]c2)CC1. The first-order chi connectivity index (χ1) is 7.74. The molecule has 2 N–H and O–H groups in total. The number of H-pyrrole nitrogens is 1. The Bertz CT molecular complexity index is 286. The van der Waals surface area contributed by atoms with Gasteiger partial charge in [0.2, 0.25) is 0 Å². The number of piperidine rings is 1. The van der Waals surface area contributed by atoms with Gasteiger partial charge in [-0.15, -0.1) is 0 Å². The lowest BCUT2D eigenvalue weighted by atomic mass is 10.0. The Morgan fingerprint density at radius 3 is 2.81 bits per heavy atom. The van der Waals surface area contributed by atoms with Crippen molar-refractivity contribution in [1.82, 2.24) is 15.1 Å². The molecule has 16 heavy (non-hydrogen) atoms. The van der Waals surface area contributed by atoms with E-state index >= 15 is 0 Å². The van der Waals surface area contributed by atoms with E-state index < -0.39 is 0 Å². The van der Waals surface area contributed by atoms with Gasteiger partial charge >= 0.3 is 0 Å². The third-order valence-corrected chi connectivity index (χ3v) is 3.08. The van der Waals surface area contributed by atoms with Gasteiger partial charge in [-0.25, -0.2) is 0 Å². The minimum atomic E-state index is 0.612. The smallest absolute Gasteiger partial charge is 0.0725 e. The van der Waals surface area contributed by atoms with Gasteiger partial charge in [0.05, 0.1) is 11.9 Å². The van der Waals surface area contributed by atoms with E-state index in [1.807, 2.05) is 12.4 Å². The highest BCUT2D eigenvalue weighted by Gasteiger charge is 2.19. The van der Waals surface area contributed by atoms with Crippen molar-refractivity contribution < 1.29 is 0 Å². The third-order valence-electron chi connectivity index (χ3n) is 3.08. The zero-order valence-corrected chi connectivity index (χ0v) is 10.2. The van der Waals surface area contributed by atoms with Gasteiger partial charge in [-0.1, -0.05) is 13.8 Å². The first-order valence-electron chi connectivity index (χ1n) is 6.21. The van der Waals surface area contributed by atoms with Gasteiger partial charge in [0.25, 0.3) is 0 Å². The molecule has 0 amide bonds. The first kappa shape index (κ1) is 11.5. The van der Waals surface area contributed by atoms with Crippen molar-refractivity contribution in [3.63, 3.8) is 0 Å². The fourth-order valence-electron chi connectivity index (χ4n) is 2.34. The Hall–Kier alpha value is -1.03. The van der Waals surface area contributed by atoms with Crippen LogP contribution in [-0.2, 0) is 0 Å². The van der Waals surface area contributed by atoms with Crippen LogP contribution in [0.2, 0.25) is 0 Å². The Labute approximate surface area is 97.4 Å². The summed E-state index contributed by atoms with van der Waals surface area (Å²) in [6, 6.07) is 0.612. The highest BCUT2D eigenvalue weighted by atomic mass is 15.2. The summed E-state index contributed by atoms with van der Waals surface area (Å²) >= 11 is 0. The molecule has 1 saturated heterocycles. The molecule has 0 radical (unpaired) electrons. The van der Waals surface area contributed by atoms with E-state index in [1.165, 1.54) is 32.5 Å². The molecular weight excluding hydrogens is 200 g/mol. The van der Waals surface area contributed by atoms with Crippen molar-refractivity contribution in [2.45, 2.75) is 32.7 Å². The molecule has 1 aliphatic heterocycles. The third kappa shape index (κ3) is 3.23. The van der Waals surface area contributed by atoms with Gasteiger partial charge in [-0.2, -0.15) is 5.10 Å². The maximum absolute atomic E-state index is 3.94. The molecule has 90 valence electrons. The van der Waals surface area contributed by atoms with Gasteiger partial charge < -0.3 is 10.2 Å². The van der Waals surface area contributed by atoms with E-state index in [2.05, 4.69) is 34.3 Å². The number of rotatable bonds is 4. The number of anilines is 1. The maximum atomic E-state index is 3.94. The number of nitrogens with zero attached hydrogens (tertiary/aromatic N) is 2. The monoisotopic (exact) mass is 222 g/mol. The normalized spacial score (nSPS) is 19.2. The molecule has 0 aliphatic carbocycles. The Kier molecular flexibility index (Phi) is 3.83. The second-order valence-electron chi connectivity index (χ2n) is 5.10. The van der Waals surface area contributed by atoms with E-state index in [0.29, 0.717) is 6.04 Å². The van der Waals surface area contributed by atoms with Crippen LogP contribution in [0, 0.1) is 5.92 Å². The van der Waals surface area contributed by atoms with E-state index in [9.17, 15) is 0 Å². The number of aromatic amines is 1. The van der Waals surface area contributed by atoms with E-state index in [0.717, 1.165) is 11.6 Å². The quantitative estimate of drug-likeness (QED) is 0.818. The zero-order chi connectivity index (χ0) is 11.4. The summed E-state index contributed by atoms with van der Waals surface area (Å²) in [4.78, 5) is 2.57. The summed E-state index contributed by atoms with van der Waals surface area (Å²) in [6.45, 7) is 8.24. The van der Waals surface area contributed by atoms with Crippen molar-refractivity contribution in [2.24, 2.45) is 5.92 Å². The predicted molar refractivity (Wildman–Crippen MR) is 66.5 cm³/mol. The number of aromatic nitrogens is 2. The molecule has 1 aromatic heterocycles. The molecule has 0 saturated carbocycles. The Morgan fingerprint density at radius 1 is 1.50 bits per heavy atom. The molecule has 0 unspecified atom stereocenters. The molecule has 1 fully saturated rings. The lowest BCUT2D eigenvalue weighted by Gasteiger charge is -2.33. The standard InChI is InChI=1S/C12H22N4/c1-10(2)9-16-5-3-11(4-6-16)15-12-7-13-14-8-12/h7-8,10-11,15H,3-6,9H2,1-2H3,(H,13,14). The second kappa shape index (κ2) is 5.34. The van der Waals surface area contributed by atoms with Crippen LogP contribution in [0.1, 0.15) is 26.7 Å². The fourth-order valence-corrected chi connectivity index (χ4v) is 2.34. The molecule has 0 aromatic carbocycles. The summed E-state index contributed by atoms with van der Waals surface area (Å²) in [5.74, 6) is 0.776. The van der Waals surface area contributed by atoms with Crippen molar-refractivity contribution in [2.75, 3.05) is 25.0 Å². The minimum absolute atomic E-state index is 0.612. The molecule has 0 bridgehead atoms. The molecule has 1 aromatic rings. The second-order valence-corrected chi connectivity index (χ2v) is 5.10. The van der Waals surface area contributed by atoms with Crippen LogP contribution in [0.4, 0.5) is 5.69 Å². The van der Waals surface area contributed by atoms with Gasteiger partial charge in [-0.3, -0.25) is 5.10 Å². The minimum Gasteiger partial charge on any atom is -0.380 e. The van der Waals surface area contributed by atoms with Crippen molar-refractivity contribution in [3.8, 4) is 0 Å². The topological polar surface area (TPSA) is 44.0 Å². The van der Waals surface area contributed by atoms with Crippen LogP contribution in [0.5, 0.6) is 0 Å². The average molecular weight is 222 g/mol. The van der Waals surface area contributed by atoms with Gasteiger partial charge in [-0.05, 0) is 18.8 Å². The van der Waals surface area contributed by atoms with Crippen LogP contribution in [0.25, 0.3) is 0 Å². The molecule has 4 nitrogen and oxygen atoms in total. The van der Waals surface area contributed by atoms with E-state index in [-0.39, 0.29) is 0 Å². The van der Waals surface area contributed by atoms with E-state index in [4.69, 9.17) is 0 Å². The predicted octanol–water partition coefficient (Wildman–Crippen LogP) is 1.94. The van der Waals surface area contributed by atoms with Gasteiger partial charge in [0.1, 0.15) is 0 Å². The highest BCUT2D eigenvalue weighted by Crippen LogP contribution is 2.16. The maximum Gasteiger partial charge on any atom is 0.0725 e. The van der Waals surface area contributed by atoms with Crippen molar-refractivity contribution >= 4 is 5.69 Å². The van der Waals surface area contributed by atoms with Crippen molar-refractivity contribution in [3.05, 3.63) is 12.4 Å². The molecule has 1 aliphatic rings. The summed E-state index contributed by atoms with van der Waals surface area (Å²) in [5, 5.41) is 10.3. The highest BCUT2D eigenvalue weighted by molar-refractivity contribution is 5.38. The molecule has 2 rings (SSSR count). The fraction of sp³-hybridized carbons (Fsp3) is 0.750. The number of hydrogen-bond acceptors (Lipinski definition) is 3. The van der Waals surface area contributed by atoms with Crippen LogP contribution in [0.15, 0.2) is 12.4 Å².